The summed E-state index contributed by atoms with van der Waals surface area (Å²) < 4.78 is 19.0. The van der Waals surface area contributed by atoms with Crippen LogP contribution in [0.15, 0.2) is 22.7 Å². The molecule has 0 bridgehead atoms. The minimum absolute atomic E-state index is 0.0291. The van der Waals surface area contributed by atoms with Gasteiger partial charge >= 0.3 is 6.09 Å². The van der Waals surface area contributed by atoms with Gasteiger partial charge in [0.1, 0.15) is 17.7 Å². The third-order valence-electron chi connectivity index (χ3n) is 2.36. The Morgan fingerprint density at radius 1 is 1.50 bits per heavy atom. The summed E-state index contributed by atoms with van der Waals surface area (Å²) in [6.07, 6.45) is 0.0428. The lowest BCUT2D eigenvalue weighted by atomic mass is 10.0. The molecule has 1 N–H and O–H groups in total. The van der Waals surface area contributed by atoms with Gasteiger partial charge in [-0.2, -0.15) is 0 Å². The lowest BCUT2D eigenvalue weighted by Gasteiger charge is -2.23. The highest BCUT2D eigenvalue weighted by Gasteiger charge is 2.22. The van der Waals surface area contributed by atoms with Gasteiger partial charge in [0.2, 0.25) is 0 Å². The zero-order valence-electron chi connectivity index (χ0n) is 11.6. The lowest BCUT2D eigenvalue weighted by Crippen LogP contribution is -2.35. The number of aldehydes is 1. The summed E-state index contributed by atoms with van der Waals surface area (Å²) in [6, 6.07) is 3.45. The molecule has 0 unspecified atom stereocenters. The molecule has 1 atom stereocenters. The van der Waals surface area contributed by atoms with Crippen LogP contribution in [-0.4, -0.2) is 18.0 Å². The van der Waals surface area contributed by atoms with Gasteiger partial charge in [-0.3, -0.25) is 0 Å². The highest BCUT2D eigenvalue weighted by Crippen LogP contribution is 2.26. The molecular formula is C14H17BrFNO3. The fourth-order valence-electron chi connectivity index (χ4n) is 1.59. The number of carbonyl (C=O) groups is 2. The predicted molar refractivity (Wildman–Crippen MR) is 76.9 cm³/mol. The first-order valence-corrected chi connectivity index (χ1v) is 6.90. The van der Waals surface area contributed by atoms with Crippen molar-refractivity contribution in [3.05, 3.63) is 34.1 Å². The molecule has 0 aromatic heterocycles. The molecule has 1 aromatic rings. The van der Waals surface area contributed by atoms with Gasteiger partial charge in [0, 0.05) is 10.9 Å². The second-order valence-corrected chi connectivity index (χ2v) is 6.12. The average molecular weight is 346 g/mol. The smallest absolute Gasteiger partial charge is 0.408 e. The molecule has 110 valence electrons. The zero-order valence-corrected chi connectivity index (χ0v) is 13.2. The van der Waals surface area contributed by atoms with E-state index in [9.17, 15) is 14.0 Å². The predicted octanol–water partition coefficient (Wildman–Crippen LogP) is 3.74. The third kappa shape index (κ3) is 5.28. The number of hydrogen-bond donors (Lipinski definition) is 1. The summed E-state index contributed by atoms with van der Waals surface area (Å²) in [6.45, 7) is 5.21. The summed E-state index contributed by atoms with van der Waals surface area (Å²) in [5, 5.41) is 2.57. The Morgan fingerprint density at radius 2 is 2.15 bits per heavy atom. The largest absolute Gasteiger partial charge is 0.444 e. The third-order valence-corrected chi connectivity index (χ3v) is 3.08. The van der Waals surface area contributed by atoms with Crippen molar-refractivity contribution >= 4 is 28.3 Å². The second-order valence-electron chi connectivity index (χ2n) is 5.27. The van der Waals surface area contributed by atoms with E-state index in [1.165, 1.54) is 18.2 Å². The van der Waals surface area contributed by atoms with E-state index >= 15 is 0 Å². The SMILES string of the molecule is CC(C)(C)OC(=O)N[C@@H](CC=O)c1cc(F)ccc1Br. The fourth-order valence-corrected chi connectivity index (χ4v) is 2.11. The molecule has 4 nitrogen and oxygen atoms in total. The molecule has 0 heterocycles. The van der Waals surface area contributed by atoms with Crippen LogP contribution in [0.3, 0.4) is 0 Å². The molecule has 0 saturated heterocycles. The van der Waals surface area contributed by atoms with Crippen LogP contribution in [0, 0.1) is 5.82 Å². The van der Waals surface area contributed by atoms with Gasteiger partial charge in [0.15, 0.2) is 0 Å². The van der Waals surface area contributed by atoms with Crippen molar-refractivity contribution in [2.45, 2.75) is 38.8 Å². The van der Waals surface area contributed by atoms with Crippen molar-refractivity contribution in [3.8, 4) is 0 Å². The monoisotopic (exact) mass is 345 g/mol. The van der Waals surface area contributed by atoms with E-state index in [2.05, 4.69) is 21.2 Å². The van der Waals surface area contributed by atoms with E-state index in [1.54, 1.807) is 20.8 Å². The molecule has 0 radical (unpaired) electrons. The summed E-state index contributed by atoms with van der Waals surface area (Å²) in [7, 11) is 0. The van der Waals surface area contributed by atoms with E-state index in [-0.39, 0.29) is 6.42 Å². The summed E-state index contributed by atoms with van der Waals surface area (Å²) in [4.78, 5) is 22.5. The Bertz CT molecular complexity index is 500. The lowest BCUT2D eigenvalue weighted by molar-refractivity contribution is -0.108. The molecule has 20 heavy (non-hydrogen) atoms. The van der Waals surface area contributed by atoms with Gasteiger partial charge < -0.3 is 14.8 Å². The number of nitrogens with one attached hydrogen (secondary N) is 1. The number of benzene rings is 1. The van der Waals surface area contributed by atoms with Crippen molar-refractivity contribution < 1.29 is 18.7 Å². The molecule has 0 aliphatic carbocycles. The molecular weight excluding hydrogens is 329 g/mol. The first kappa shape index (κ1) is 16.6. The number of carbonyl (C=O) groups excluding carboxylic acids is 2. The fraction of sp³-hybridized carbons (Fsp3) is 0.429. The molecule has 0 aliphatic heterocycles. The number of halogens is 2. The molecule has 6 heteroatoms. The summed E-state index contributed by atoms with van der Waals surface area (Å²) >= 11 is 3.28. The topological polar surface area (TPSA) is 55.4 Å². The maximum Gasteiger partial charge on any atom is 0.408 e. The molecule has 0 saturated carbocycles. The Hall–Kier alpha value is -1.43. The first-order valence-electron chi connectivity index (χ1n) is 6.11. The number of ether oxygens (including phenoxy) is 1. The number of alkyl carbamates (subject to hydrolysis) is 1. The van der Waals surface area contributed by atoms with Crippen molar-refractivity contribution in [3.63, 3.8) is 0 Å². The van der Waals surface area contributed by atoms with Crippen LogP contribution in [0.4, 0.5) is 9.18 Å². The van der Waals surface area contributed by atoms with Gasteiger partial charge in [-0.05, 0) is 44.5 Å². The van der Waals surface area contributed by atoms with Crippen LogP contribution < -0.4 is 5.32 Å². The molecule has 0 spiro atoms. The van der Waals surface area contributed by atoms with Crippen molar-refractivity contribution in [2.24, 2.45) is 0 Å². The van der Waals surface area contributed by atoms with E-state index in [4.69, 9.17) is 4.74 Å². The van der Waals surface area contributed by atoms with Gasteiger partial charge in [-0.1, -0.05) is 15.9 Å². The van der Waals surface area contributed by atoms with Crippen LogP contribution >= 0.6 is 15.9 Å². The highest BCUT2D eigenvalue weighted by atomic mass is 79.9. The van der Waals surface area contributed by atoms with Crippen LogP contribution in [0.1, 0.15) is 38.8 Å². The number of amides is 1. The number of hydrogen-bond acceptors (Lipinski definition) is 3. The van der Waals surface area contributed by atoms with E-state index in [0.29, 0.717) is 16.3 Å². The quantitative estimate of drug-likeness (QED) is 0.845. The Balaban J connectivity index is 2.91. The molecule has 1 amide bonds. The van der Waals surface area contributed by atoms with E-state index < -0.39 is 23.6 Å². The van der Waals surface area contributed by atoms with Crippen LogP contribution in [0.5, 0.6) is 0 Å². The Labute approximate surface area is 125 Å². The van der Waals surface area contributed by atoms with Crippen LogP contribution in [0.25, 0.3) is 0 Å². The minimum Gasteiger partial charge on any atom is -0.444 e. The summed E-state index contributed by atoms with van der Waals surface area (Å²) in [5.74, 6) is -0.440. The Morgan fingerprint density at radius 3 is 2.70 bits per heavy atom. The van der Waals surface area contributed by atoms with Gasteiger partial charge in [0.25, 0.3) is 0 Å². The summed E-state index contributed by atoms with van der Waals surface area (Å²) in [5.41, 5.74) is -0.155. The molecule has 0 aliphatic rings. The van der Waals surface area contributed by atoms with Crippen molar-refractivity contribution in [1.82, 2.24) is 5.32 Å². The maximum absolute atomic E-state index is 13.3. The maximum atomic E-state index is 13.3. The van der Waals surface area contributed by atoms with Crippen LogP contribution in [-0.2, 0) is 9.53 Å². The Kier molecular flexibility index (Phi) is 5.68. The first-order chi connectivity index (χ1) is 9.23. The van der Waals surface area contributed by atoms with Gasteiger partial charge in [-0.15, -0.1) is 0 Å². The van der Waals surface area contributed by atoms with Gasteiger partial charge in [-0.25, -0.2) is 9.18 Å². The van der Waals surface area contributed by atoms with Crippen molar-refractivity contribution in [1.29, 1.82) is 0 Å². The zero-order chi connectivity index (χ0) is 15.3. The van der Waals surface area contributed by atoms with E-state index in [0.717, 1.165) is 0 Å². The normalized spacial score (nSPS) is 12.7. The highest BCUT2D eigenvalue weighted by molar-refractivity contribution is 9.10. The van der Waals surface area contributed by atoms with Crippen LogP contribution in [0.2, 0.25) is 0 Å². The number of rotatable bonds is 4. The van der Waals surface area contributed by atoms with Gasteiger partial charge in [0.05, 0.1) is 6.04 Å². The second kappa shape index (κ2) is 6.83. The molecule has 1 rings (SSSR count). The standard InChI is InChI=1S/C14H17BrFNO3/c1-14(2,3)20-13(19)17-12(6-7-18)10-8-9(16)4-5-11(10)15/h4-5,7-8,12H,6H2,1-3H3,(H,17,19)/t12-/m0/s1. The molecule has 1 aromatic carbocycles. The van der Waals surface area contributed by atoms with Crippen molar-refractivity contribution in [2.75, 3.05) is 0 Å². The molecule has 0 fully saturated rings. The van der Waals surface area contributed by atoms with E-state index in [1.807, 2.05) is 0 Å². The minimum atomic E-state index is -0.652. The average Bonchev–Trinajstić information content (AvgIpc) is 2.29.